The molecule has 0 spiro atoms. The Kier molecular flexibility index (Phi) is 6.61. The monoisotopic (exact) mass is 256 g/mol. The van der Waals surface area contributed by atoms with E-state index in [9.17, 15) is 5.11 Å². The zero-order chi connectivity index (χ0) is 13.6. The highest BCUT2D eigenvalue weighted by molar-refractivity contribution is 4.84. The molecule has 0 bridgehead atoms. The SMILES string of the molecule is CCN1CCCC1CN(C)CC(CC)(CC)CO. The minimum atomic E-state index is 0.102. The molecule has 1 saturated heterocycles. The molecule has 1 atom stereocenters. The largest absolute Gasteiger partial charge is 0.396 e. The summed E-state index contributed by atoms with van der Waals surface area (Å²) in [6.07, 6.45) is 4.81. The van der Waals surface area contributed by atoms with Crippen LogP contribution in [0.2, 0.25) is 0 Å². The third-order valence-corrected chi connectivity index (χ3v) is 4.87. The molecule has 0 radical (unpaired) electrons. The minimum absolute atomic E-state index is 0.102. The fourth-order valence-electron chi connectivity index (χ4n) is 3.26. The molecule has 3 heteroatoms. The second-order valence-corrected chi connectivity index (χ2v) is 5.99. The number of hydrogen-bond donors (Lipinski definition) is 1. The van der Waals surface area contributed by atoms with Crippen molar-refractivity contribution in [2.45, 2.75) is 52.5 Å². The van der Waals surface area contributed by atoms with Gasteiger partial charge in [0.2, 0.25) is 0 Å². The molecule has 1 aliphatic rings. The lowest BCUT2D eigenvalue weighted by atomic mass is 9.82. The quantitative estimate of drug-likeness (QED) is 0.721. The maximum absolute atomic E-state index is 9.65. The van der Waals surface area contributed by atoms with Crippen molar-refractivity contribution < 1.29 is 5.11 Å². The summed E-state index contributed by atoms with van der Waals surface area (Å²) < 4.78 is 0. The molecule has 1 N–H and O–H groups in total. The molecule has 1 fully saturated rings. The maximum Gasteiger partial charge on any atom is 0.0499 e. The molecule has 18 heavy (non-hydrogen) atoms. The molecule has 1 heterocycles. The Bertz CT molecular complexity index is 220. The Hall–Kier alpha value is -0.120. The van der Waals surface area contributed by atoms with E-state index in [1.165, 1.54) is 25.9 Å². The van der Waals surface area contributed by atoms with E-state index in [-0.39, 0.29) is 5.41 Å². The molecule has 0 aromatic carbocycles. The van der Waals surface area contributed by atoms with Crippen LogP contribution < -0.4 is 0 Å². The molecule has 0 aliphatic carbocycles. The van der Waals surface area contributed by atoms with Crippen LogP contribution in [-0.4, -0.2) is 60.8 Å². The van der Waals surface area contributed by atoms with Crippen molar-refractivity contribution in [1.82, 2.24) is 9.80 Å². The zero-order valence-electron chi connectivity index (χ0n) is 12.8. The first-order valence-electron chi connectivity index (χ1n) is 7.64. The summed E-state index contributed by atoms with van der Waals surface area (Å²) in [4.78, 5) is 5.02. The van der Waals surface area contributed by atoms with Gasteiger partial charge in [-0.25, -0.2) is 0 Å². The highest BCUT2D eigenvalue weighted by Crippen LogP contribution is 2.27. The number of rotatable bonds is 8. The third kappa shape index (κ3) is 3.94. The molecule has 0 saturated carbocycles. The van der Waals surface area contributed by atoms with Gasteiger partial charge in [-0.05, 0) is 45.8 Å². The van der Waals surface area contributed by atoms with Crippen LogP contribution in [0.15, 0.2) is 0 Å². The summed E-state index contributed by atoms with van der Waals surface area (Å²) in [5.74, 6) is 0. The molecular formula is C15H32N2O. The highest BCUT2D eigenvalue weighted by Gasteiger charge is 2.29. The Morgan fingerprint density at radius 2 is 1.94 bits per heavy atom. The first-order chi connectivity index (χ1) is 8.60. The van der Waals surface area contributed by atoms with Gasteiger partial charge in [-0.3, -0.25) is 4.90 Å². The molecule has 108 valence electrons. The first kappa shape index (κ1) is 15.9. The highest BCUT2D eigenvalue weighted by atomic mass is 16.3. The average molecular weight is 256 g/mol. The Labute approximate surface area is 113 Å². The molecule has 0 aromatic rings. The van der Waals surface area contributed by atoms with Crippen LogP contribution in [0.25, 0.3) is 0 Å². The van der Waals surface area contributed by atoms with Crippen LogP contribution in [0, 0.1) is 5.41 Å². The van der Waals surface area contributed by atoms with Gasteiger partial charge >= 0.3 is 0 Å². The van der Waals surface area contributed by atoms with E-state index in [1.807, 2.05) is 0 Å². The van der Waals surface area contributed by atoms with Crippen molar-refractivity contribution in [3.05, 3.63) is 0 Å². The second-order valence-electron chi connectivity index (χ2n) is 5.99. The van der Waals surface area contributed by atoms with Crippen molar-refractivity contribution >= 4 is 0 Å². The van der Waals surface area contributed by atoms with Crippen molar-refractivity contribution in [2.75, 3.05) is 39.8 Å². The van der Waals surface area contributed by atoms with E-state index in [0.717, 1.165) is 32.0 Å². The Morgan fingerprint density at radius 3 is 2.44 bits per heavy atom. The van der Waals surface area contributed by atoms with Crippen molar-refractivity contribution in [3.8, 4) is 0 Å². The van der Waals surface area contributed by atoms with Crippen molar-refractivity contribution in [3.63, 3.8) is 0 Å². The molecule has 0 amide bonds. The minimum Gasteiger partial charge on any atom is -0.396 e. The van der Waals surface area contributed by atoms with Crippen LogP contribution in [0.3, 0.4) is 0 Å². The first-order valence-corrected chi connectivity index (χ1v) is 7.64. The van der Waals surface area contributed by atoms with E-state index in [4.69, 9.17) is 0 Å². The van der Waals surface area contributed by atoms with Gasteiger partial charge in [0.1, 0.15) is 0 Å². The Balaban J connectivity index is 2.47. The summed E-state index contributed by atoms with van der Waals surface area (Å²) in [6.45, 7) is 11.6. The predicted octanol–water partition coefficient (Wildman–Crippen LogP) is 2.20. The summed E-state index contributed by atoms with van der Waals surface area (Å²) >= 11 is 0. The number of likely N-dealkylation sites (N-methyl/N-ethyl adjacent to an activating group) is 2. The number of aliphatic hydroxyl groups is 1. The van der Waals surface area contributed by atoms with E-state index in [1.54, 1.807) is 0 Å². The van der Waals surface area contributed by atoms with Gasteiger partial charge in [0.15, 0.2) is 0 Å². The van der Waals surface area contributed by atoms with Gasteiger partial charge in [0.25, 0.3) is 0 Å². The topological polar surface area (TPSA) is 26.7 Å². The van der Waals surface area contributed by atoms with Crippen molar-refractivity contribution in [1.29, 1.82) is 0 Å². The van der Waals surface area contributed by atoms with Crippen molar-refractivity contribution in [2.24, 2.45) is 5.41 Å². The van der Waals surface area contributed by atoms with Crippen LogP contribution in [0.4, 0.5) is 0 Å². The molecule has 0 aromatic heterocycles. The fraction of sp³-hybridized carbons (Fsp3) is 1.00. The van der Waals surface area contributed by atoms with E-state index in [0.29, 0.717) is 6.61 Å². The molecule has 1 rings (SSSR count). The zero-order valence-corrected chi connectivity index (χ0v) is 12.8. The fourth-order valence-corrected chi connectivity index (χ4v) is 3.26. The van der Waals surface area contributed by atoms with Gasteiger partial charge in [-0.1, -0.05) is 20.8 Å². The summed E-state index contributed by atoms with van der Waals surface area (Å²) in [5.41, 5.74) is 0.102. The normalized spacial score (nSPS) is 22.0. The molecular weight excluding hydrogens is 224 g/mol. The summed E-state index contributed by atoms with van der Waals surface area (Å²) in [7, 11) is 2.21. The van der Waals surface area contributed by atoms with Gasteiger partial charge < -0.3 is 10.0 Å². The van der Waals surface area contributed by atoms with E-state index < -0.39 is 0 Å². The second kappa shape index (κ2) is 7.46. The van der Waals surface area contributed by atoms with Gasteiger partial charge in [-0.2, -0.15) is 0 Å². The predicted molar refractivity (Wildman–Crippen MR) is 77.9 cm³/mol. The lowest BCUT2D eigenvalue weighted by molar-refractivity contribution is 0.0660. The Morgan fingerprint density at radius 1 is 1.28 bits per heavy atom. The summed E-state index contributed by atoms with van der Waals surface area (Å²) in [6, 6.07) is 0.727. The lowest BCUT2D eigenvalue weighted by Gasteiger charge is -2.36. The smallest absolute Gasteiger partial charge is 0.0499 e. The molecule has 1 unspecified atom stereocenters. The number of likely N-dealkylation sites (tertiary alicyclic amines) is 1. The van der Waals surface area contributed by atoms with Crippen LogP contribution >= 0.6 is 0 Å². The van der Waals surface area contributed by atoms with E-state index in [2.05, 4.69) is 37.6 Å². The van der Waals surface area contributed by atoms with Crippen LogP contribution in [0.5, 0.6) is 0 Å². The van der Waals surface area contributed by atoms with Gasteiger partial charge in [0, 0.05) is 31.2 Å². The van der Waals surface area contributed by atoms with E-state index >= 15 is 0 Å². The van der Waals surface area contributed by atoms with Gasteiger partial charge in [-0.15, -0.1) is 0 Å². The lowest BCUT2D eigenvalue weighted by Crippen LogP contribution is -2.44. The number of aliphatic hydroxyl groups excluding tert-OH is 1. The maximum atomic E-state index is 9.65. The van der Waals surface area contributed by atoms with Crippen LogP contribution in [0.1, 0.15) is 46.5 Å². The van der Waals surface area contributed by atoms with Gasteiger partial charge in [0.05, 0.1) is 0 Å². The van der Waals surface area contributed by atoms with Crippen LogP contribution in [-0.2, 0) is 0 Å². The number of nitrogens with zero attached hydrogens (tertiary/aromatic N) is 2. The molecule has 3 nitrogen and oxygen atoms in total. The standard InChI is InChI=1S/C15H32N2O/c1-5-15(6-2,13-18)12-16(4)11-14-9-8-10-17(14)7-3/h14,18H,5-13H2,1-4H3. The number of hydrogen-bond acceptors (Lipinski definition) is 3. The average Bonchev–Trinajstić information content (AvgIpc) is 2.83. The summed E-state index contributed by atoms with van der Waals surface area (Å²) in [5, 5.41) is 9.65. The molecule has 1 aliphatic heterocycles. The third-order valence-electron chi connectivity index (χ3n) is 4.87.